The maximum atomic E-state index is 11.8. The van der Waals surface area contributed by atoms with E-state index >= 15 is 0 Å². The van der Waals surface area contributed by atoms with Crippen molar-refractivity contribution < 1.29 is 42.9 Å². The van der Waals surface area contributed by atoms with Gasteiger partial charge in [-0.05, 0) is 5.56 Å². The summed E-state index contributed by atoms with van der Waals surface area (Å²) in [5.41, 5.74) is -0.112. The van der Waals surface area contributed by atoms with Crippen LogP contribution in [0.25, 0.3) is 0 Å². The quantitative estimate of drug-likeness (QED) is 0.427. The Morgan fingerprint density at radius 2 is 1.35 bits per heavy atom. The van der Waals surface area contributed by atoms with Gasteiger partial charge in [0.25, 0.3) is 0 Å². The summed E-state index contributed by atoms with van der Waals surface area (Å²) in [7, 11) is 0. The van der Waals surface area contributed by atoms with Gasteiger partial charge in [-0.15, -0.1) is 11.8 Å². The van der Waals surface area contributed by atoms with Gasteiger partial charge in [0.15, 0.2) is 11.5 Å². The second-order valence-electron chi connectivity index (χ2n) is 6.86. The predicted octanol–water partition coefficient (Wildman–Crippen LogP) is 2.00. The number of esters is 4. The van der Waals surface area contributed by atoms with Crippen molar-refractivity contribution in [1.29, 1.82) is 0 Å². The first-order chi connectivity index (χ1) is 14.7. The van der Waals surface area contributed by atoms with E-state index in [1.807, 2.05) is 30.3 Å². The van der Waals surface area contributed by atoms with Gasteiger partial charge in [0.1, 0.15) is 18.8 Å². The molecule has 1 aromatic rings. The lowest BCUT2D eigenvalue weighted by Gasteiger charge is -2.43. The highest BCUT2D eigenvalue weighted by Crippen LogP contribution is 2.39. The highest BCUT2D eigenvalue weighted by atomic mass is 32.2. The molecule has 0 bridgehead atoms. The Balaban J connectivity index is 2.38. The highest BCUT2D eigenvalue weighted by molar-refractivity contribution is 8.00. The Morgan fingerprint density at radius 3 is 1.90 bits per heavy atom. The molecule has 0 aliphatic carbocycles. The first-order valence-corrected chi connectivity index (χ1v) is 10.6. The molecular formula is C21H26O9S. The molecule has 9 nitrogen and oxygen atoms in total. The third kappa shape index (κ3) is 7.87. The fourth-order valence-electron chi connectivity index (χ4n) is 3.08. The van der Waals surface area contributed by atoms with Crippen LogP contribution in [-0.2, 0) is 49.5 Å². The van der Waals surface area contributed by atoms with Gasteiger partial charge >= 0.3 is 23.9 Å². The van der Waals surface area contributed by atoms with Crippen molar-refractivity contribution in [3.8, 4) is 0 Å². The lowest BCUT2D eigenvalue weighted by Crippen LogP contribution is -2.58. The van der Waals surface area contributed by atoms with Crippen molar-refractivity contribution in [2.24, 2.45) is 0 Å². The SMILES string of the molecule is CC(=O)OC[C@@H]1SC(OC(C)=O)[C@H](OC(C)=O)[C@@H](OCc2ccccc2)[C@@H]1OC(C)=O. The number of benzene rings is 1. The van der Waals surface area contributed by atoms with Gasteiger partial charge in [0.2, 0.25) is 0 Å². The Kier molecular flexibility index (Phi) is 9.32. The van der Waals surface area contributed by atoms with Gasteiger partial charge in [0, 0.05) is 27.7 Å². The van der Waals surface area contributed by atoms with Gasteiger partial charge < -0.3 is 23.7 Å². The molecule has 5 atom stereocenters. The van der Waals surface area contributed by atoms with Gasteiger partial charge in [-0.2, -0.15) is 0 Å². The van der Waals surface area contributed by atoms with Crippen LogP contribution < -0.4 is 0 Å². The van der Waals surface area contributed by atoms with E-state index in [2.05, 4.69) is 0 Å². The zero-order valence-corrected chi connectivity index (χ0v) is 18.6. The summed E-state index contributed by atoms with van der Waals surface area (Å²) in [5, 5.41) is -0.621. The molecule has 0 saturated carbocycles. The predicted molar refractivity (Wildman–Crippen MR) is 110 cm³/mol. The Hall–Kier alpha value is -2.59. The average Bonchev–Trinajstić information content (AvgIpc) is 2.67. The molecule has 31 heavy (non-hydrogen) atoms. The number of ether oxygens (including phenoxy) is 5. The van der Waals surface area contributed by atoms with Crippen molar-refractivity contribution in [2.75, 3.05) is 6.61 Å². The molecule has 0 spiro atoms. The molecule has 0 radical (unpaired) electrons. The monoisotopic (exact) mass is 454 g/mol. The van der Waals surface area contributed by atoms with Crippen molar-refractivity contribution in [1.82, 2.24) is 0 Å². The topological polar surface area (TPSA) is 114 Å². The van der Waals surface area contributed by atoms with E-state index in [1.54, 1.807) is 0 Å². The third-order valence-electron chi connectivity index (χ3n) is 4.21. The lowest BCUT2D eigenvalue weighted by molar-refractivity contribution is -0.192. The smallest absolute Gasteiger partial charge is 0.303 e. The second-order valence-corrected chi connectivity index (χ2v) is 8.21. The van der Waals surface area contributed by atoms with Crippen LogP contribution in [0.4, 0.5) is 0 Å². The normalized spacial score (nSPS) is 25.2. The molecule has 1 aliphatic rings. The number of carbonyl (C=O) groups excluding carboxylic acids is 4. The van der Waals surface area contributed by atoms with Crippen LogP contribution in [0.2, 0.25) is 0 Å². The fraction of sp³-hybridized carbons (Fsp3) is 0.524. The Labute approximate surface area is 184 Å². The van der Waals surface area contributed by atoms with Crippen LogP contribution in [-0.4, -0.2) is 59.5 Å². The summed E-state index contributed by atoms with van der Waals surface area (Å²) in [6.45, 7) is 4.94. The van der Waals surface area contributed by atoms with Crippen molar-refractivity contribution in [3.63, 3.8) is 0 Å². The maximum Gasteiger partial charge on any atom is 0.303 e. The van der Waals surface area contributed by atoms with Crippen LogP contribution in [0.3, 0.4) is 0 Å². The fourth-order valence-corrected chi connectivity index (χ4v) is 4.49. The molecule has 0 aromatic heterocycles. The minimum Gasteiger partial charge on any atom is -0.465 e. The van der Waals surface area contributed by atoms with E-state index in [0.29, 0.717) is 0 Å². The summed E-state index contributed by atoms with van der Waals surface area (Å²) >= 11 is 1.07. The number of hydrogen-bond acceptors (Lipinski definition) is 10. The largest absolute Gasteiger partial charge is 0.465 e. The van der Waals surface area contributed by atoms with E-state index in [1.165, 1.54) is 27.7 Å². The van der Waals surface area contributed by atoms with E-state index in [4.69, 9.17) is 23.7 Å². The first-order valence-electron chi connectivity index (χ1n) is 9.63. The van der Waals surface area contributed by atoms with Gasteiger partial charge in [-0.3, -0.25) is 19.2 Å². The van der Waals surface area contributed by atoms with Crippen LogP contribution in [0.1, 0.15) is 33.3 Å². The maximum absolute atomic E-state index is 11.8. The van der Waals surface area contributed by atoms with E-state index in [9.17, 15) is 19.2 Å². The zero-order valence-electron chi connectivity index (χ0n) is 17.8. The molecule has 10 heteroatoms. The second kappa shape index (κ2) is 11.7. The van der Waals surface area contributed by atoms with Crippen LogP contribution in [0.15, 0.2) is 30.3 Å². The first kappa shape index (κ1) is 24.7. The molecule has 1 fully saturated rings. The minimum atomic E-state index is -1.05. The lowest BCUT2D eigenvalue weighted by atomic mass is 10.0. The number of hydrogen-bond donors (Lipinski definition) is 0. The van der Waals surface area contributed by atoms with Crippen molar-refractivity contribution >= 4 is 35.6 Å². The number of carbonyl (C=O) groups is 4. The standard InChI is InChI=1S/C21H26O9S/c1-12(22)26-11-17-18(28-13(2)23)19(27-10-16-8-6-5-7-9-16)20(29-14(3)24)21(31-17)30-15(4)25/h5-9,17-21H,10-11H2,1-4H3/t17-,18+,19-,20+,21?/m0/s1. The molecule has 1 aromatic carbocycles. The van der Waals surface area contributed by atoms with E-state index < -0.39 is 52.9 Å². The van der Waals surface area contributed by atoms with Crippen molar-refractivity contribution in [3.05, 3.63) is 35.9 Å². The molecule has 1 aliphatic heterocycles. The van der Waals surface area contributed by atoms with Crippen LogP contribution in [0, 0.1) is 0 Å². The number of rotatable bonds is 8. The molecule has 0 amide bonds. The van der Waals surface area contributed by atoms with E-state index in [-0.39, 0.29) is 13.2 Å². The van der Waals surface area contributed by atoms with Gasteiger partial charge in [-0.25, -0.2) is 0 Å². The summed E-state index contributed by atoms with van der Waals surface area (Å²) in [5.74, 6) is -2.31. The molecule has 1 heterocycles. The van der Waals surface area contributed by atoms with Crippen LogP contribution >= 0.6 is 11.8 Å². The van der Waals surface area contributed by atoms with E-state index in [0.717, 1.165) is 17.3 Å². The number of thioether (sulfide) groups is 1. The molecule has 2 rings (SSSR count). The summed E-state index contributed by atoms with van der Waals surface area (Å²) in [4.78, 5) is 46.6. The highest BCUT2D eigenvalue weighted by Gasteiger charge is 2.52. The van der Waals surface area contributed by atoms with Crippen molar-refractivity contribution in [2.45, 2.75) is 63.3 Å². The summed E-state index contributed by atoms with van der Waals surface area (Å²) < 4.78 is 27.5. The third-order valence-corrected chi connectivity index (χ3v) is 5.60. The Bertz CT molecular complexity index is 782. The van der Waals surface area contributed by atoms with Gasteiger partial charge in [0.05, 0.1) is 11.9 Å². The molecule has 0 N–H and O–H groups in total. The van der Waals surface area contributed by atoms with Gasteiger partial charge in [-0.1, -0.05) is 30.3 Å². The summed E-state index contributed by atoms with van der Waals surface area (Å²) in [6.07, 6.45) is -2.95. The molecule has 170 valence electrons. The minimum absolute atomic E-state index is 0.117. The summed E-state index contributed by atoms with van der Waals surface area (Å²) in [6, 6.07) is 9.23. The average molecular weight is 454 g/mol. The zero-order chi connectivity index (χ0) is 23.0. The molecule has 1 saturated heterocycles. The Morgan fingerprint density at radius 1 is 0.774 bits per heavy atom. The molecule has 1 unspecified atom stereocenters. The molecular weight excluding hydrogens is 428 g/mol. The van der Waals surface area contributed by atoms with Crippen LogP contribution in [0.5, 0.6) is 0 Å².